The van der Waals surface area contributed by atoms with Gasteiger partial charge < -0.3 is 4.57 Å². The van der Waals surface area contributed by atoms with Gasteiger partial charge in [0.1, 0.15) is 5.82 Å². The first-order chi connectivity index (χ1) is 10.8. The zero-order valence-electron chi connectivity index (χ0n) is 12.4. The lowest BCUT2D eigenvalue weighted by Gasteiger charge is -2.07. The first-order valence-electron chi connectivity index (χ1n) is 6.98. The van der Waals surface area contributed by atoms with E-state index in [1.807, 2.05) is 54.2 Å². The molecule has 6 heteroatoms. The van der Waals surface area contributed by atoms with Crippen molar-refractivity contribution >= 4 is 11.8 Å². The molecule has 0 saturated heterocycles. The third-order valence-corrected chi connectivity index (χ3v) is 4.27. The van der Waals surface area contributed by atoms with Gasteiger partial charge in [-0.15, -0.1) is 16.8 Å². The summed E-state index contributed by atoms with van der Waals surface area (Å²) >= 11 is 1.63. The summed E-state index contributed by atoms with van der Waals surface area (Å²) in [6, 6.07) is 10.1. The molecule has 5 nitrogen and oxygen atoms in total. The minimum absolute atomic E-state index is 0.681. The van der Waals surface area contributed by atoms with Gasteiger partial charge >= 0.3 is 0 Å². The highest BCUT2D eigenvalue weighted by molar-refractivity contribution is 7.98. The van der Waals surface area contributed by atoms with E-state index in [9.17, 15) is 0 Å². The number of aryl methyl sites for hydroxylation is 1. The lowest BCUT2D eigenvalue weighted by molar-refractivity contribution is 0.729. The SMILES string of the molecule is C=CCn1c(SCc2nccn2C)nnc1-c1ccccc1. The maximum absolute atomic E-state index is 4.34. The van der Waals surface area contributed by atoms with E-state index in [0.717, 1.165) is 28.1 Å². The van der Waals surface area contributed by atoms with Crippen molar-refractivity contribution in [3.05, 3.63) is 61.2 Å². The monoisotopic (exact) mass is 311 g/mol. The highest BCUT2D eigenvalue weighted by Gasteiger charge is 2.14. The molecule has 0 unspecified atom stereocenters. The number of benzene rings is 1. The standard InChI is InChI=1S/C16H17N5S/c1-3-10-21-15(13-7-5-4-6-8-13)18-19-16(21)22-12-14-17-9-11-20(14)2/h3-9,11H,1,10,12H2,2H3. The van der Waals surface area contributed by atoms with Crippen LogP contribution in [0.3, 0.4) is 0 Å². The van der Waals surface area contributed by atoms with E-state index in [1.54, 1.807) is 18.0 Å². The van der Waals surface area contributed by atoms with Crippen molar-refractivity contribution in [2.45, 2.75) is 17.5 Å². The van der Waals surface area contributed by atoms with E-state index in [0.29, 0.717) is 6.54 Å². The third kappa shape index (κ3) is 2.96. The summed E-state index contributed by atoms with van der Waals surface area (Å²) in [5.74, 6) is 2.63. The number of hydrogen-bond acceptors (Lipinski definition) is 4. The van der Waals surface area contributed by atoms with E-state index in [-0.39, 0.29) is 0 Å². The van der Waals surface area contributed by atoms with Gasteiger partial charge in [-0.2, -0.15) is 0 Å². The quantitative estimate of drug-likeness (QED) is 0.518. The molecule has 3 aromatic rings. The summed E-state index contributed by atoms with van der Waals surface area (Å²) < 4.78 is 4.09. The van der Waals surface area contributed by atoms with Crippen molar-refractivity contribution in [2.75, 3.05) is 0 Å². The minimum atomic E-state index is 0.681. The molecule has 0 fully saturated rings. The molecule has 2 aromatic heterocycles. The second-order valence-corrected chi connectivity index (χ2v) is 5.76. The van der Waals surface area contributed by atoms with Crippen LogP contribution in [0.15, 0.2) is 60.5 Å². The van der Waals surface area contributed by atoms with Crippen LogP contribution in [0.25, 0.3) is 11.4 Å². The summed E-state index contributed by atoms with van der Waals surface area (Å²) in [7, 11) is 1.99. The molecule has 0 radical (unpaired) electrons. The maximum Gasteiger partial charge on any atom is 0.192 e. The Bertz CT molecular complexity index is 760. The lowest BCUT2D eigenvalue weighted by atomic mass is 10.2. The second kappa shape index (κ2) is 6.62. The van der Waals surface area contributed by atoms with Crippen molar-refractivity contribution < 1.29 is 0 Å². The highest BCUT2D eigenvalue weighted by atomic mass is 32.2. The molecule has 0 bridgehead atoms. The van der Waals surface area contributed by atoms with Gasteiger partial charge in [0.25, 0.3) is 0 Å². The molecule has 0 aliphatic carbocycles. The van der Waals surface area contributed by atoms with Crippen molar-refractivity contribution in [1.82, 2.24) is 24.3 Å². The molecule has 0 saturated carbocycles. The minimum Gasteiger partial charge on any atom is -0.337 e. The number of hydrogen-bond donors (Lipinski definition) is 0. The molecule has 0 aliphatic rings. The molecule has 0 N–H and O–H groups in total. The topological polar surface area (TPSA) is 48.5 Å². The van der Waals surface area contributed by atoms with E-state index < -0.39 is 0 Å². The third-order valence-electron chi connectivity index (χ3n) is 3.31. The molecule has 3 rings (SSSR count). The van der Waals surface area contributed by atoms with Gasteiger partial charge in [-0.1, -0.05) is 48.2 Å². The zero-order chi connectivity index (χ0) is 15.4. The normalized spacial score (nSPS) is 10.8. The summed E-state index contributed by atoms with van der Waals surface area (Å²) in [6.07, 6.45) is 5.61. The van der Waals surface area contributed by atoms with Crippen LogP contribution >= 0.6 is 11.8 Å². The van der Waals surface area contributed by atoms with E-state index in [4.69, 9.17) is 0 Å². The van der Waals surface area contributed by atoms with Crippen molar-refractivity contribution in [3.63, 3.8) is 0 Å². The molecule has 0 spiro atoms. The van der Waals surface area contributed by atoms with Gasteiger partial charge in [0, 0.05) is 31.5 Å². The Morgan fingerprint density at radius 2 is 2.05 bits per heavy atom. The number of aromatic nitrogens is 5. The zero-order valence-corrected chi connectivity index (χ0v) is 13.2. The number of rotatable bonds is 6. The van der Waals surface area contributed by atoms with Crippen LogP contribution in [-0.4, -0.2) is 24.3 Å². The van der Waals surface area contributed by atoms with Gasteiger partial charge in [-0.3, -0.25) is 4.57 Å². The highest BCUT2D eigenvalue weighted by Crippen LogP contribution is 2.25. The fourth-order valence-electron chi connectivity index (χ4n) is 2.15. The molecule has 22 heavy (non-hydrogen) atoms. The Balaban J connectivity index is 1.87. The first-order valence-corrected chi connectivity index (χ1v) is 7.96. The van der Waals surface area contributed by atoms with Crippen molar-refractivity contribution in [1.29, 1.82) is 0 Å². The Morgan fingerprint density at radius 1 is 1.23 bits per heavy atom. The molecule has 2 heterocycles. The summed E-state index contributed by atoms with van der Waals surface area (Å²) in [6.45, 7) is 4.51. The molecule has 0 amide bonds. The number of nitrogens with zero attached hydrogens (tertiary/aromatic N) is 5. The van der Waals surface area contributed by atoms with Gasteiger partial charge in [-0.25, -0.2) is 4.98 Å². The van der Waals surface area contributed by atoms with Crippen LogP contribution in [0.5, 0.6) is 0 Å². The largest absolute Gasteiger partial charge is 0.337 e. The smallest absolute Gasteiger partial charge is 0.192 e. The van der Waals surface area contributed by atoms with Crippen LogP contribution in [0.4, 0.5) is 0 Å². The summed E-state index contributed by atoms with van der Waals surface area (Å²) in [5.41, 5.74) is 1.06. The predicted molar refractivity (Wildman–Crippen MR) is 88.4 cm³/mol. The van der Waals surface area contributed by atoms with Crippen molar-refractivity contribution in [3.8, 4) is 11.4 Å². The Morgan fingerprint density at radius 3 is 2.73 bits per heavy atom. The van der Waals surface area contributed by atoms with Gasteiger partial charge in [0.2, 0.25) is 0 Å². The van der Waals surface area contributed by atoms with Crippen LogP contribution in [0.1, 0.15) is 5.82 Å². The van der Waals surface area contributed by atoms with Crippen LogP contribution in [0.2, 0.25) is 0 Å². The maximum atomic E-state index is 4.34. The average molecular weight is 311 g/mol. The molecule has 1 aromatic carbocycles. The van der Waals surface area contributed by atoms with Gasteiger partial charge in [0.05, 0.1) is 5.75 Å². The molecular formula is C16H17N5S. The van der Waals surface area contributed by atoms with Crippen LogP contribution in [-0.2, 0) is 19.3 Å². The van der Waals surface area contributed by atoms with E-state index >= 15 is 0 Å². The summed E-state index contributed by atoms with van der Waals surface area (Å²) in [4.78, 5) is 4.34. The van der Waals surface area contributed by atoms with Crippen molar-refractivity contribution in [2.24, 2.45) is 7.05 Å². The number of thioether (sulfide) groups is 1. The molecule has 0 atom stereocenters. The van der Waals surface area contributed by atoms with Gasteiger partial charge in [-0.05, 0) is 0 Å². The van der Waals surface area contributed by atoms with Crippen LogP contribution in [0, 0.1) is 0 Å². The molecule has 112 valence electrons. The first kappa shape index (κ1) is 14.6. The molecular weight excluding hydrogens is 294 g/mol. The van der Waals surface area contributed by atoms with Crippen LogP contribution < -0.4 is 0 Å². The number of allylic oxidation sites excluding steroid dienone is 1. The fourth-order valence-corrected chi connectivity index (χ4v) is 3.11. The average Bonchev–Trinajstić information content (AvgIpc) is 3.13. The van der Waals surface area contributed by atoms with E-state index in [2.05, 4.69) is 26.3 Å². The lowest BCUT2D eigenvalue weighted by Crippen LogP contribution is -2.01. The molecule has 0 aliphatic heterocycles. The Labute approximate surface area is 133 Å². The predicted octanol–water partition coefficient (Wildman–Crippen LogP) is 3.16. The van der Waals surface area contributed by atoms with Gasteiger partial charge in [0.15, 0.2) is 11.0 Å². The number of imidazole rings is 1. The second-order valence-electron chi connectivity index (χ2n) is 4.81. The Kier molecular flexibility index (Phi) is 4.39. The fraction of sp³-hybridized carbons (Fsp3) is 0.188. The Hall–Kier alpha value is -2.34. The summed E-state index contributed by atoms with van der Waals surface area (Å²) in [5, 5.41) is 9.55. The van der Waals surface area contributed by atoms with E-state index in [1.165, 1.54) is 0 Å².